The third-order valence-corrected chi connectivity index (χ3v) is 7.65. The molecule has 2 aliphatic rings. The molecule has 0 spiro atoms. The Labute approximate surface area is 180 Å². The number of hydrogen-bond donors (Lipinski definition) is 1. The van der Waals surface area contributed by atoms with Crippen molar-refractivity contribution in [2.24, 2.45) is 0 Å². The van der Waals surface area contributed by atoms with Crippen LogP contribution in [0.3, 0.4) is 0 Å². The van der Waals surface area contributed by atoms with Crippen LogP contribution in [0.25, 0.3) is 10.9 Å². The first kappa shape index (κ1) is 19.9. The lowest BCUT2D eigenvalue weighted by Crippen LogP contribution is -2.50. The number of piperazine rings is 1. The van der Waals surface area contributed by atoms with E-state index in [-0.39, 0.29) is 23.9 Å². The van der Waals surface area contributed by atoms with E-state index in [0.29, 0.717) is 44.2 Å². The number of hydrogen-bond acceptors (Lipinski definition) is 5. The van der Waals surface area contributed by atoms with E-state index in [1.165, 1.54) is 16.4 Å². The Balaban J connectivity index is 1.25. The summed E-state index contributed by atoms with van der Waals surface area (Å²) in [5.41, 5.74) is 1.95. The van der Waals surface area contributed by atoms with Gasteiger partial charge in [-0.2, -0.15) is 4.31 Å². The number of aromatic nitrogens is 1. The summed E-state index contributed by atoms with van der Waals surface area (Å²) in [6.45, 7) is 2.10. The van der Waals surface area contributed by atoms with Gasteiger partial charge in [-0.15, -0.1) is 0 Å². The molecule has 0 unspecified atom stereocenters. The van der Waals surface area contributed by atoms with Gasteiger partial charge in [-0.1, -0.05) is 18.2 Å². The van der Waals surface area contributed by atoms with Gasteiger partial charge >= 0.3 is 0 Å². The van der Waals surface area contributed by atoms with Gasteiger partial charge in [0.2, 0.25) is 15.9 Å². The molecule has 8 nitrogen and oxygen atoms in total. The van der Waals surface area contributed by atoms with E-state index in [1.807, 2.05) is 30.5 Å². The van der Waals surface area contributed by atoms with Gasteiger partial charge in [0, 0.05) is 49.3 Å². The molecule has 0 atom stereocenters. The topological polar surface area (TPSA) is 91.9 Å². The molecule has 162 valence electrons. The minimum absolute atomic E-state index is 0.00105. The lowest BCUT2D eigenvalue weighted by molar-refractivity contribution is -0.131. The van der Waals surface area contributed by atoms with Crippen molar-refractivity contribution < 1.29 is 22.7 Å². The van der Waals surface area contributed by atoms with Gasteiger partial charge in [-0.05, 0) is 23.8 Å². The summed E-state index contributed by atoms with van der Waals surface area (Å²) in [6, 6.07) is 12.5. The quantitative estimate of drug-likeness (QED) is 0.669. The zero-order valence-corrected chi connectivity index (χ0v) is 17.7. The highest BCUT2D eigenvalue weighted by atomic mass is 32.2. The fourth-order valence-electron chi connectivity index (χ4n) is 4.06. The van der Waals surface area contributed by atoms with Crippen LogP contribution in [-0.4, -0.2) is 67.9 Å². The number of carbonyl (C=O) groups is 1. The van der Waals surface area contributed by atoms with Crippen LogP contribution in [0, 0.1) is 0 Å². The van der Waals surface area contributed by atoms with Crippen molar-refractivity contribution in [1.29, 1.82) is 0 Å². The standard InChI is InChI=1S/C22H23N3O5S/c26-22(13-16-15-23-19-4-2-1-3-18(16)19)24-7-9-25(10-8-24)31(27,28)17-5-6-20-21(14-17)30-12-11-29-20/h1-6,14-15,23H,7-13H2. The summed E-state index contributed by atoms with van der Waals surface area (Å²) in [5, 5.41) is 1.04. The molecule has 1 saturated heterocycles. The van der Waals surface area contributed by atoms with E-state index in [2.05, 4.69) is 4.98 Å². The third-order valence-electron chi connectivity index (χ3n) is 5.76. The van der Waals surface area contributed by atoms with Crippen molar-refractivity contribution in [2.45, 2.75) is 11.3 Å². The number of amides is 1. The number of nitrogens with zero attached hydrogens (tertiary/aromatic N) is 2. The van der Waals surface area contributed by atoms with E-state index >= 15 is 0 Å². The maximum absolute atomic E-state index is 13.1. The first-order chi connectivity index (χ1) is 15.0. The van der Waals surface area contributed by atoms with Gasteiger partial charge in [-0.25, -0.2) is 8.42 Å². The van der Waals surface area contributed by atoms with Crippen LogP contribution in [0.4, 0.5) is 0 Å². The monoisotopic (exact) mass is 441 g/mol. The summed E-state index contributed by atoms with van der Waals surface area (Å²) in [7, 11) is -3.67. The molecule has 0 bridgehead atoms. The van der Waals surface area contributed by atoms with Gasteiger partial charge in [0.25, 0.3) is 0 Å². The SMILES string of the molecule is O=C(Cc1c[nH]c2ccccc12)N1CCN(S(=O)(=O)c2ccc3c(c2)OCCO3)CC1. The molecule has 0 radical (unpaired) electrons. The van der Waals surface area contributed by atoms with Gasteiger partial charge in [-0.3, -0.25) is 4.79 Å². The molecular formula is C22H23N3O5S. The zero-order valence-electron chi connectivity index (χ0n) is 16.9. The molecule has 3 aromatic rings. The van der Waals surface area contributed by atoms with Gasteiger partial charge in [0.15, 0.2) is 11.5 Å². The van der Waals surface area contributed by atoms with Gasteiger partial charge < -0.3 is 19.4 Å². The largest absolute Gasteiger partial charge is 0.486 e. The number of nitrogens with one attached hydrogen (secondary N) is 1. The zero-order chi connectivity index (χ0) is 21.4. The number of aromatic amines is 1. The number of fused-ring (bicyclic) bond motifs is 2. The molecule has 1 N–H and O–H groups in total. The van der Waals surface area contributed by atoms with E-state index in [9.17, 15) is 13.2 Å². The Morgan fingerprint density at radius 2 is 1.71 bits per heavy atom. The van der Waals surface area contributed by atoms with Crippen LogP contribution in [-0.2, 0) is 21.2 Å². The van der Waals surface area contributed by atoms with Crippen LogP contribution in [0.1, 0.15) is 5.56 Å². The van der Waals surface area contributed by atoms with Crippen LogP contribution >= 0.6 is 0 Å². The molecule has 31 heavy (non-hydrogen) atoms. The lowest BCUT2D eigenvalue weighted by atomic mass is 10.1. The number of carbonyl (C=O) groups excluding carboxylic acids is 1. The van der Waals surface area contributed by atoms with Crippen molar-refractivity contribution >= 4 is 26.8 Å². The van der Waals surface area contributed by atoms with E-state index in [0.717, 1.165) is 16.5 Å². The predicted molar refractivity (Wildman–Crippen MR) is 115 cm³/mol. The van der Waals surface area contributed by atoms with Crippen LogP contribution in [0.2, 0.25) is 0 Å². The molecule has 0 saturated carbocycles. The van der Waals surface area contributed by atoms with Crippen molar-refractivity contribution in [2.75, 3.05) is 39.4 Å². The molecule has 1 fully saturated rings. The molecule has 3 heterocycles. The average molecular weight is 442 g/mol. The fourth-order valence-corrected chi connectivity index (χ4v) is 5.50. The Bertz CT molecular complexity index is 1230. The molecule has 2 aliphatic heterocycles. The summed E-state index contributed by atoms with van der Waals surface area (Å²) >= 11 is 0. The fraction of sp³-hybridized carbons (Fsp3) is 0.318. The number of benzene rings is 2. The van der Waals surface area contributed by atoms with Crippen LogP contribution in [0.5, 0.6) is 11.5 Å². The highest BCUT2D eigenvalue weighted by molar-refractivity contribution is 7.89. The normalized spacial score (nSPS) is 17.1. The predicted octanol–water partition coefficient (Wildman–Crippen LogP) is 2.01. The molecule has 1 amide bonds. The first-order valence-electron chi connectivity index (χ1n) is 10.2. The molecule has 9 heteroatoms. The number of H-pyrrole nitrogens is 1. The highest BCUT2D eigenvalue weighted by Gasteiger charge is 2.31. The molecule has 1 aromatic heterocycles. The second-order valence-corrected chi connectivity index (χ2v) is 9.56. The van der Waals surface area contributed by atoms with Crippen molar-refractivity contribution in [3.8, 4) is 11.5 Å². The molecule has 2 aromatic carbocycles. The summed E-state index contributed by atoms with van der Waals surface area (Å²) < 4.78 is 38.6. The Hall–Kier alpha value is -3.04. The second kappa shape index (κ2) is 7.90. The Kier molecular flexibility index (Phi) is 5.07. The molecule has 0 aliphatic carbocycles. The van der Waals surface area contributed by atoms with Crippen LogP contribution in [0.15, 0.2) is 53.6 Å². The summed E-state index contributed by atoms with van der Waals surface area (Å²) in [5.74, 6) is 0.999. The molecule has 5 rings (SSSR count). The van der Waals surface area contributed by atoms with Crippen molar-refractivity contribution in [3.05, 3.63) is 54.2 Å². The summed E-state index contributed by atoms with van der Waals surface area (Å²) in [6.07, 6.45) is 2.16. The first-order valence-corrected chi connectivity index (χ1v) is 11.7. The molecular weight excluding hydrogens is 418 g/mol. The Morgan fingerprint density at radius 1 is 0.968 bits per heavy atom. The second-order valence-electron chi connectivity index (χ2n) is 7.63. The van der Waals surface area contributed by atoms with Crippen molar-refractivity contribution in [1.82, 2.24) is 14.2 Å². The Morgan fingerprint density at radius 3 is 2.52 bits per heavy atom. The average Bonchev–Trinajstić information content (AvgIpc) is 3.21. The minimum Gasteiger partial charge on any atom is -0.486 e. The maximum Gasteiger partial charge on any atom is 0.243 e. The highest BCUT2D eigenvalue weighted by Crippen LogP contribution is 2.33. The number of rotatable bonds is 4. The summed E-state index contributed by atoms with van der Waals surface area (Å²) in [4.78, 5) is 17.9. The third kappa shape index (κ3) is 3.75. The lowest BCUT2D eigenvalue weighted by Gasteiger charge is -2.34. The number of sulfonamides is 1. The van der Waals surface area contributed by atoms with E-state index in [4.69, 9.17) is 9.47 Å². The number of para-hydroxylation sites is 1. The maximum atomic E-state index is 13.1. The van der Waals surface area contributed by atoms with Gasteiger partial charge in [0.05, 0.1) is 11.3 Å². The van der Waals surface area contributed by atoms with E-state index in [1.54, 1.807) is 11.0 Å². The smallest absolute Gasteiger partial charge is 0.243 e. The van der Waals surface area contributed by atoms with Gasteiger partial charge in [0.1, 0.15) is 13.2 Å². The minimum atomic E-state index is -3.67. The van der Waals surface area contributed by atoms with Crippen LogP contribution < -0.4 is 9.47 Å². The van der Waals surface area contributed by atoms with Crippen molar-refractivity contribution in [3.63, 3.8) is 0 Å². The number of ether oxygens (including phenoxy) is 2. The van der Waals surface area contributed by atoms with E-state index < -0.39 is 10.0 Å².